The normalized spacial score (nSPS) is 18.3. The number of hydrogen-bond donors (Lipinski definition) is 1. The van der Waals surface area contributed by atoms with Gasteiger partial charge in [0.2, 0.25) is 6.79 Å². The summed E-state index contributed by atoms with van der Waals surface area (Å²) in [5.41, 5.74) is 1.69. The first-order valence-electron chi connectivity index (χ1n) is 7.98. The van der Waals surface area contributed by atoms with Crippen LogP contribution in [0.2, 0.25) is 0 Å². The highest BCUT2D eigenvalue weighted by Gasteiger charge is 2.32. The van der Waals surface area contributed by atoms with Gasteiger partial charge in [-0.3, -0.25) is 0 Å². The number of anilines is 1. The fraction of sp³-hybridized carbons (Fsp3) is 0.278. The number of urea groups is 1. The molecule has 4 rings (SSSR count). The Morgan fingerprint density at radius 2 is 2.08 bits per heavy atom. The highest BCUT2D eigenvalue weighted by atomic mass is 32.2. The summed E-state index contributed by atoms with van der Waals surface area (Å²) in [6.07, 6.45) is 0. The van der Waals surface area contributed by atoms with Crippen molar-refractivity contribution in [2.45, 2.75) is 5.37 Å². The first-order chi connectivity index (χ1) is 12.3. The topological polar surface area (TPSA) is 60.0 Å². The molecule has 0 aliphatic carbocycles. The van der Waals surface area contributed by atoms with Crippen LogP contribution >= 0.6 is 11.8 Å². The minimum Gasteiger partial charge on any atom is -0.495 e. The van der Waals surface area contributed by atoms with Gasteiger partial charge < -0.3 is 24.4 Å². The van der Waals surface area contributed by atoms with E-state index in [1.54, 1.807) is 18.9 Å². The number of fused-ring (bicyclic) bond motifs is 1. The SMILES string of the molecule is COc1ccccc1NC(=O)N1CCS[C@@H]1c1ccc2c(c1)OCO2. The zero-order chi connectivity index (χ0) is 17.2. The van der Waals surface area contributed by atoms with Crippen molar-refractivity contribution in [1.82, 2.24) is 4.90 Å². The largest absolute Gasteiger partial charge is 0.495 e. The van der Waals surface area contributed by atoms with Crippen molar-refractivity contribution in [3.8, 4) is 17.2 Å². The van der Waals surface area contributed by atoms with Crippen LogP contribution in [0.25, 0.3) is 0 Å². The van der Waals surface area contributed by atoms with E-state index in [1.807, 2.05) is 47.4 Å². The van der Waals surface area contributed by atoms with Crippen LogP contribution in [0.1, 0.15) is 10.9 Å². The molecule has 0 unspecified atom stereocenters. The van der Waals surface area contributed by atoms with Gasteiger partial charge in [0, 0.05) is 12.3 Å². The minimum atomic E-state index is -0.142. The standard InChI is InChI=1S/C18H18N2O4S/c1-22-14-5-3-2-4-13(14)19-18(21)20-8-9-25-17(20)12-6-7-15-16(10-12)24-11-23-15/h2-7,10,17H,8-9,11H2,1H3,(H,19,21)/t17-/m1/s1. The number of carbonyl (C=O) groups excluding carboxylic acids is 1. The van der Waals surface area contributed by atoms with E-state index in [1.165, 1.54) is 0 Å². The summed E-state index contributed by atoms with van der Waals surface area (Å²) in [7, 11) is 1.59. The molecule has 2 aliphatic heterocycles. The van der Waals surface area contributed by atoms with E-state index in [9.17, 15) is 4.79 Å². The molecule has 2 heterocycles. The number of carbonyl (C=O) groups is 1. The average Bonchev–Trinajstić information content (AvgIpc) is 3.30. The number of para-hydroxylation sites is 2. The van der Waals surface area contributed by atoms with Gasteiger partial charge in [-0.1, -0.05) is 18.2 Å². The number of benzene rings is 2. The molecule has 2 aromatic rings. The molecule has 1 fully saturated rings. The highest BCUT2D eigenvalue weighted by molar-refractivity contribution is 7.99. The van der Waals surface area contributed by atoms with E-state index in [0.717, 1.165) is 22.8 Å². The highest BCUT2D eigenvalue weighted by Crippen LogP contribution is 2.42. The second-order valence-electron chi connectivity index (χ2n) is 5.66. The van der Waals surface area contributed by atoms with E-state index >= 15 is 0 Å². The zero-order valence-electron chi connectivity index (χ0n) is 13.7. The molecule has 0 spiro atoms. The number of nitrogens with one attached hydrogen (secondary N) is 1. The smallest absolute Gasteiger partial charge is 0.323 e. The Kier molecular flexibility index (Phi) is 4.31. The summed E-state index contributed by atoms with van der Waals surface area (Å²) < 4.78 is 16.1. The number of rotatable bonds is 3. The van der Waals surface area contributed by atoms with Crippen molar-refractivity contribution in [2.75, 3.05) is 31.5 Å². The van der Waals surface area contributed by atoms with Crippen LogP contribution in [0.5, 0.6) is 17.2 Å². The first kappa shape index (κ1) is 16.0. The van der Waals surface area contributed by atoms with Crippen LogP contribution in [-0.2, 0) is 0 Å². The number of methoxy groups -OCH3 is 1. The van der Waals surface area contributed by atoms with E-state index in [4.69, 9.17) is 14.2 Å². The minimum absolute atomic E-state index is 0.0517. The van der Waals surface area contributed by atoms with Crippen LogP contribution in [0.3, 0.4) is 0 Å². The second kappa shape index (κ2) is 6.76. The van der Waals surface area contributed by atoms with Crippen LogP contribution in [-0.4, -0.2) is 37.1 Å². The maximum absolute atomic E-state index is 12.8. The molecule has 0 radical (unpaired) electrons. The molecule has 1 saturated heterocycles. The number of nitrogens with zero attached hydrogens (tertiary/aromatic N) is 1. The van der Waals surface area contributed by atoms with Crippen molar-refractivity contribution < 1.29 is 19.0 Å². The third kappa shape index (κ3) is 3.07. The van der Waals surface area contributed by atoms with Gasteiger partial charge in [-0.2, -0.15) is 0 Å². The van der Waals surface area contributed by atoms with Crippen molar-refractivity contribution in [3.05, 3.63) is 48.0 Å². The lowest BCUT2D eigenvalue weighted by atomic mass is 10.2. The number of ether oxygens (including phenoxy) is 3. The van der Waals surface area contributed by atoms with Crippen LogP contribution < -0.4 is 19.5 Å². The Morgan fingerprint density at radius 1 is 1.24 bits per heavy atom. The van der Waals surface area contributed by atoms with E-state index in [2.05, 4.69) is 5.32 Å². The maximum Gasteiger partial charge on any atom is 0.323 e. The summed E-state index contributed by atoms with van der Waals surface area (Å²) in [5.74, 6) is 3.01. The van der Waals surface area contributed by atoms with Crippen LogP contribution in [0, 0.1) is 0 Å². The molecule has 0 aromatic heterocycles. The summed E-state index contributed by atoms with van der Waals surface area (Å²) in [5, 5.41) is 2.90. The number of hydrogen-bond acceptors (Lipinski definition) is 5. The molecule has 1 N–H and O–H groups in total. The van der Waals surface area contributed by atoms with E-state index in [-0.39, 0.29) is 18.2 Å². The predicted octanol–water partition coefficient (Wildman–Crippen LogP) is 3.70. The molecule has 2 amide bonds. The molecule has 6 nitrogen and oxygen atoms in total. The Balaban J connectivity index is 1.54. The lowest BCUT2D eigenvalue weighted by Crippen LogP contribution is -2.34. The number of amides is 2. The van der Waals surface area contributed by atoms with Crippen molar-refractivity contribution in [1.29, 1.82) is 0 Å². The van der Waals surface area contributed by atoms with Crippen LogP contribution in [0.4, 0.5) is 10.5 Å². The van der Waals surface area contributed by atoms with Gasteiger partial charge in [0.15, 0.2) is 11.5 Å². The predicted molar refractivity (Wildman–Crippen MR) is 96.5 cm³/mol. The zero-order valence-corrected chi connectivity index (χ0v) is 14.5. The third-order valence-corrected chi connectivity index (χ3v) is 5.44. The molecule has 25 heavy (non-hydrogen) atoms. The molecular weight excluding hydrogens is 340 g/mol. The summed E-state index contributed by atoms with van der Waals surface area (Å²) in [4.78, 5) is 14.6. The fourth-order valence-corrected chi connectivity index (χ4v) is 4.20. The van der Waals surface area contributed by atoms with Gasteiger partial charge in [0.05, 0.1) is 12.8 Å². The van der Waals surface area contributed by atoms with Crippen molar-refractivity contribution >= 4 is 23.5 Å². The van der Waals surface area contributed by atoms with Gasteiger partial charge in [-0.05, 0) is 29.8 Å². The molecule has 7 heteroatoms. The lowest BCUT2D eigenvalue weighted by Gasteiger charge is -2.25. The quantitative estimate of drug-likeness (QED) is 0.906. The molecule has 2 aliphatic rings. The Hall–Kier alpha value is -2.54. The Morgan fingerprint density at radius 3 is 2.96 bits per heavy atom. The Bertz CT molecular complexity index is 798. The summed E-state index contributed by atoms with van der Waals surface area (Å²) >= 11 is 1.74. The first-order valence-corrected chi connectivity index (χ1v) is 9.03. The fourth-order valence-electron chi connectivity index (χ4n) is 2.96. The van der Waals surface area contributed by atoms with Gasteiger partial charge in [0.25, 0.3) is 0 Å². The second-order valence-corrected chi connectivity index (χ2v) is 6.85. The van der Waals surface area contributed by atoms with Crippen LogP contribution in [0.15, 0.2) is 42.5 Å². The molecule has 2 aromatic carbocycles. The maximum atomic E-state index is 12.8. The lowest BCUT2D eigenvalue weighted by molar-refractivity contribution is 0.174. The summed E-state index contributed by atoms with van der Waals surface area (Å²) in [6.45, 7) is 0.930. The van der Waals surface area contributed by atoms with Gasteiger partial charge >= 0.3 is 6.03 Å². The molecule has 0 bridgehead atoms. The molecule has 0 saturated carbocycles. The third-order valence-electron chi connectivity index (χ3n) is 4.18. The van der Waals surface area contributed by atoms with E-state index < -0.39 is 0 Å². The summed E-state index contributed by atoms with van der Waals surface area (Å²) in [6, 6.07) is 13.1. The average molecular weight is 358 g/mol. The molecular formula is C18H18N2O4S. The van der Waals surface area contributed by atoms with E-state index in [0.29, 0.717) is 18.0 Å². The molecule has 1 atom stereocenters. The van der Waals surface area contributed by atoms with Crippen molar-refractivity contribution in [2.24, 2.45) is 0 Å². The van der Waals surface area contributed by atoms with Gasteiger partial charge in [0.1, 0.15) is 11.1 Å². The van der Waals surface area contributed by atoms with Gasteiger partial charge in [-0.25, -0.2) is 4.79 Å². The van der Waals surface area contributed by atoms with Crippen molar-refractivity contribution in [3.63, 3.8) is 0 Å². The number of thioether (sulfide) groups is 1. The molecule has 130 valence electrons. The van der Waals surface area contributed by atoms with Gasteiger partial charge in [-0.15, -0.1) is 11.8 Å². The monoisotopic (exact) mass is 358 g/mol. The Labute approximate surface area is 150 Å².